The Labute approximate surface area is 131 Å². The predicted octanol–water partition coefficient (Wildman–Crippen LogP) is 2.33. The molecule has 0 radical (unpaired) electrons. The van der Waals surface area contributed by atoms with Crippen LogP contribution in [0.3, 0.4) is 0 Å². The zero-order chi connectivity index (χ0) is 16.1. The van der Waals surface area contributed by atoms with Gasteiger partial charge in [-0.05, 0) is 32.0 Å². The molecule has 0 saturated carbocycles. The molecule has 5 nitrogen and oxygen atoms in total. The summed E-state index contributed by atoms with van der Waals surface area (Å²) in [6.45, 7) is 7.64. The van der Waals surface area contributed by atoms with Crippen LogP contribution in [-0.4, -0.2) is 22.2 Å². The standard InChI is InChI=1S/C17H24N4O/c1-5-18-11-14-8-6-7-9-16(14)19-17(22)10-15-12(2)20-21(4)13(15)3/h6-9,18H,5,10-11H2,1-4H3,(H,19,22). The van der Waals surface area contributed by atoms with Crippen LogP contribution in [0.25, 0.3) is 0 Å². The lowest BCUT2D eigenvalue weighted by Gasteiger charge is -2.11. The van der Waals surface area contributed by atoms with Gasteiger partial charge in [-0.25, -0.2) is 0 Å². The summed E-state index contributed by atoms with van der Waals surface area (Å²) in [5.41, 5.74) is 4.92. The summed E-state index contributed by atoms with van der Waals surface area (Å²) >= 11 is 0. The summed E-state index contributed by atoms with van der Waals surface area (Å²) in [6, 6.07) is 7.88. The van der Waals surface area contributed by atoms with Crippen molar-refractivity contribution in [2.45, 2.75) is 33.7 Å². The molecule has 2 N–H and O–H groups in total. The molecule has 1 amide bonds. The Balaban J connectivity index is 2.09. The van der Waals surface area contributed by atoms with Crippen LogP contribution in [0.2, 0.25) is 0 Å². The molecular formula is C17H24N4O. The van der Waals surface area contributed by atoms with Gasteiger partial charge in [0, 0.05) is 30.5 Å². The zero-order valence-corrected chi connectivity index (χ0v) is 13.7. The Morgan fingerprint density at radius 3 is 2.64 bits per heavy atom. The molecule has 0 atom stereocenters. The van der Waals surface area contributed by atoms with Gasteiger partial charge in [0.25, 0.3) is 0 Å². The number of carbonyl (C=O) groups excluding carboxylic acids is 1. The van der Waals surface area contributed by atoms with Crippen LogP contribution < -0.4 is 10.6 Å². The van der Waals surface area contributed by atoms with E-state index < -0.39 is 0 Å². The molecule has 0 unspecified atom stereocenters. The minimum absolute atomic E-state index is 0.0110. The highest BCUT2D eigenvalue weighted by Gasteiger charge is 2.14. The molecule has 0 saturated heterocycles. The van der Waals surface area contributed by atoms with Crippen molar-refractivity contribution in [3.63, 3.8) is 0 Å². The van der Waals surface area contributed by atoms with Crippen LogP contribution in [0.4, 0.5) is 5.69 Å². The second-order valence-corrected chi connectivity index (χ2v) is 5.44. The van der Waals surface area contributed by atoms with Crippen LogP contribution in [0, 0.1) is 13.8 Å². The van der Waals surface area contributed by atoms with Crippen molar-refractivity contribution in [1.82, 2.24) is 15.1 Å². The summed E-state index contributed by atoms with van der Waals surface area (Å²) < 4.78 is 1.82. The minimum Gasteiger partial charge on any atom is -0.325 e. The van der Waals surface area contributed by atoms with Gasteiger partial charge in [-0.3, -0.25) is 9.48 Å². The number of nitrogens with zero attached hydrogens (tertiary/aromatic N) is 2. The number of carbonyl (C=O) groups is 1. The molecule has 0 spiro atoms. The first-order valence-electron chi connectivity index (χ1n) is 7.60. The van der Waals surface area contributed by atoms with Gasteiger partial charge in [-0.1, -0.05) is 25.1 Å². The third kappa shape index (κ3) is 3.74. The lowest BCUT2D eigenvalue weighted by Crippen LogP contribution is -2.18. The number of hydrogen-bond donors (Lipinski definition) is 2. The Hall–Kier alpha value is -2.14. The summed E-state index contributed by atoms with van der Waals surface area (Å²) in [7, 11) is 1.90. The highest BCUT2D eigenvalue weighted by Crippen LogP contribution is 2.17. The number of hydrogen-bond acceptors (Lipinski definition) is 3. The van der Waals surface area contributed by atoms with Gasteiger partial charge in [-0.15, -0.1) is 0 Å². The van der Waals surface area contributed by atoms with Crippen molar-refractivity contribution < 1.29 is 4.79 Å². The molecule has 5 heteroatoms. The van der Waals surface area contributed by atoms with Crippen molar-refractivity contribution in [3.05, 3.63) is 46.8 Å². The highest BCUT2D eigenvalue weighted by molar-refractivity contribution is 5.93. The Bertz CT molecular complexity index is 661. The quantitative estimate of drug-likeness (QED) is 0.861. The van der Waals surface area contributed by atoms with Gasteiger partial charge < -0.3 is 10.6 Å². The average molecular weight is 300 g/mol. The van der Waals surface area contributed by atoms with E-state index in [1.165, 1.54) is 0 Å². The molecule has 0 aliphatic heterocycles. The molecule has 118 valence electrons. The topological polar surface area (TPSA) is 58.9 Å². The van der Waals surface area contributed by atoms with Crippen LogP contribution in [0.1, 0.15) is 29.4 Å². The third-order valence-corrected chi connectivity index (χ3v) is 3.85. The first-order valence-corrected chi connectivity index (χ1v) is 7.60. The van der Waals surface area contributed by atoms with Crippen molar-refractivity contribution in [2.75, 3.05) is 11.9 Å². The Morgan fingerprint density at radius 1 is 1.27 bits per heavy atom. The highest BCUT2D eigenvalue weighted by atomic mass is 16.1. The lowest BCUT2D eigenvalue weighted by atomic mass is 10.1. The summed E-state index contributed by atoms with van der Waals surface area (Å²) in [5, 5.41) is 10.7. The fourth-order valence-electron chi connectivity index (χ4n) is 2.48. The number of anilines is 1. The van der Waals surface area contributed by atoms with E-state index >= 15 is 0 Å². The van der Waals surface area contributed by atoms with Gasteiger partial charge in [-0.2, -0.15) is 5.10 Å². The van der Waals surface area contributed by atoms with Crippen LogP contribution in [0.5, 0.6) is 0 Å². The second kappa shape index (κ2) is 7.22. The normalized spacial score (nSPS) is 10.7. The molecule has 1 heterocycles. The molecule has 2 aromatic rings. The summed E-state index contributed by atoms with van der Waals surface area (Å²) in [5.74, 6) is -0.0110. The average Bonchev–Trinajstić information content (AvgIpc) is 2.73. The van der Waals surface area contributed by atoms with E-state index in [1.54, 1.807) is 0 Å². The maximum Gasteiger partial charge on any atom is 0.228 e. The van der Waals surface area contributed by atoms with E-state index in [2.05, 4.69) is 22.7 Å². The molecule has 1 aromatic carbocycles. The fraction of sp³-hybridized carbons (Fsp3) is 0.412. The second-order valence-electron chi connectivity index (χ2n) is 5.44. The van der Waals surface area contributed by atoms with Crippen molar-refractivity contribution >= 4 is 11.6 Å². The smallest absolute Gasteiger partial charge is 0.228 e. The van der Waals surface area contributed by atoms with Gasteiger partial charge in [0.05, 0.1) is 12.1 Å². The Morgan fingerprint density at radius 2 is 2.00 bits per heavy atom. The molecule has 22 heavy (non-hydrogen) atoms. The van der Waals surface area contributed by atoms with Crippen LogP contribution in [0.15, 0.2) is 24.3 Å². The number of aromatic nitrogens is 2. The first kappa shape index (κ1) is 16.2. The SMILES string of the molecule is CCNCc1ccccc1NC(=O)Cc1c(C)nn(C)c1C. The van der Waals surface area contributed by atoms with E-state index in [-0.39, 0.29) is 5.91 Å². The van der Waals surface area contributed by atoms with Crippen molar-refractivity contribution in [1.29, 1.82) is 0 Å². The van der Waals surface area contributed by atoms with Crippen LogP contribution >= 0.6 is 0 Å². The summed E-state index contributed by atoms with van der Waals surface area (Å²) in [4.78, 5) is 12.4. The summed E-state index contributed by atoms with van der Waals surface area (Å²) in [6.07, 6.45) is 0.348. The molecule has 0 aliphatic rings. The minimum atomic E-state index is -0.0110. The molecule has 0 aliphatic carbocycles. The number of nitrogens with one attached hydrogen (secondary N) is 2. The number of para-hydroxylation sites is 1. The molecular weight excluding hydrogens is 276 g/mol. The number of benzene rings is 1. The van der Waals surface area contributed by atoms with Crippen molar-refractivity contribution in [3.8, 4) is 0 Å². The number of amides is 1. The van der Waals surface area contributed by atoms with E-state index in [4.69, 9.17) is 0 Å². The van der Waals surface area contributed by atoms with E-state index in [0.717, 1.165) is 41.3 Å². The fourth-order valence-corrected chi connectivity index (χ4v) is 2.48. The maximum absolute atomic E-state index is 12.4. The predicted molar refractivity (Wildman–Crippen MR) is 88.8 cm³/mol. The lowest BCUT2D eigenvalue weighted by molar-refractivity contribution is -0.115. The van der Waals surface area contributed by atoms with E-state index in [1.807, 2.05) is 49.8 Å². The van der Waals surface area contributed by atoms with E-state index in [0.29, 0.717) is 6.42 Å². The molecule has 0 fully saturated rings. The van der Waals surface area contributed by atoms with Gasteiger partial charge >= 0.3 is 0 Å². The van der Waals surface area contributed by atoms with E-state index in [9.17, 15) is 4.79 Å². The van der Waals surface area contributed by atoms with Crippen LogP contribution in [-0.2, 0) is 24.8 Å². The van der Waals surface area contributed by atoms with Gasteiger partial charge in [0.1, 0.15) is 0 Å². The largest absolute Gasteiger partial charge is 0.325 e. The van der Waals surface area contributed by atoms with Gasteiger partial charge in [0.15, 0.2) is 0 Å². The van der Waals surface area contributed by atoms with Crippen molar-refractivity contribution in [2.24, 2.45) is 7.05 Å². The monoisotopic (exact) mass is 300 g/mol. The molecule has 1 aromatic heterocycles. The zero-order valence-electron chi connectivity index (χ0n) is 13.7. The number of aryl methyl sites for hydroxylation is 2. The molecule has 0 bridgehead atoms. The Kier molecular flexibility index (Phi) is 5.33. The van der Waals surface area contributed by atoms with Gasteiger partial charge in [0.2, 0.25) is 5.91 Å². The number of rotatable bonds is 6. The maximum atomic E-state index is 12.4. The third-order valence-electron chi connectivity index (χ3n) is 3.85. The molecule has 2 rings (SSSR count). The first-order chi connectivity index (χ1) is 10.5.